The Bertz CT molecular complexity index is 1260. The zero-order valence-corrected chi connectivity index (χ0v) is 18.1. The zero-order valence-electron chi connectivity index (χ0n) is 17.3. The van der Waals surface area contributed by atoms with Gasteiger partial charge < -0.3 is 10.0 Å². The molecule has 1 aliphatic rings. The van der Waals surface area contributed by atoms with Gasteiger partial charge in [0.2, 0.25) is 0 Å². The first-order chi connectivity index (χ1) is 15.9. The van der Waals surface area contributed by atoms with Crippen LogP contribution in [-0.2, 0) is 16.0 Å². The summed E-state index contributed by atoms with van der Waals surface area (Å²) in [6.45, 7) is 0.194. The number of hydrogen-bond donors (Lipinski definition) is 1. The molecule has 0 radical (unpaired) electrons. The van der Waals surface area contributed by atoms with E-state index in [1.165, 1.54) is 23.1 Å². The summed E-state index contributed by atoms with van der Waals surface area (Å²) in [6.07, 6.45) is 0.472. The van der Waals surface area contributed by atoms with E-state index in [1.54, 1.807) is 30.3 Å². The summed E-state index contributed by atoms with van der Waals surface area (Å²) >= 11 is 5.93. The van der Waals surface area contributed by atoms with Crippen molar-refractivity contribution in [1.82, 2.24) is 4.90 Å². The minimum absolute atomic E-state index is 0.115. The largest absolute Gasteiger partial charge is 0.507 e. The summed E-state index contributed by atoms with van der Waals surface area (Å²) in [5, 5.41) is 22.8. The van der Waals surface area contributed by atoms with Crippen LogP contribution in [0.2, 0.25) is 5.02 Å². The van der Waals surface area contributed by atoms with Gasteiger partial charge >= 0.3 is 0 Å². The molecule has 33 heavy (non-hydrogen) atoms. The number of carbonyl (C=O) groups excluding carboxylic acids is 2. The number of nitro groups is 1. The molecule has 3 aromatic rings. The minimum atomic E-state index is -0.968. The highest BCUT2D eigenvalue weighted by molar-refractivity contribution is 6.46. The Hall–Kier alpha value is -3.97. The number of rotatable bonds is 6. The molecule has 1 aliphatic heterocycles. The molecule has 0 spiro atoms. The van der Waals surface area contributed by atoms with E-state index in [2.05, 4.69) is 0 Å². The number of likely N-dealkylation sites (tertiary alicyclic amines) is 1. The van der Waals surface area contributed by atoms with Crippen LogP contribution in [0.5, 0.6) is 0 Å². The van der Waals surface area contributed by atoms with E-state index in [-0.39, 0.29) is 23.6 Å². The molecule has 1 amide bonds. The van der Waals surface area contributed by atoms with E-state index in [9.17, 15) is 24.8 Å². The highest BCUT2D eigenvalue weighted by Crippen LogP contribution is 2.40. The van der Waals surface area contributed by atoms with Crippen molar-refractivity contribution in [2.75, 3.05) is 6.54 Å². The molecular weight excluding hydrogens is 444 g/mol. The van der Waals surface area contributed by atoms with Gasteiger partial charge in [-0.2, -0.15) is 0 Å². The molecule has 4 rings (SSSR count). The molecule has 1 atom stereocenters. The van der Waals surface area contributed by atoms with Crippen molar-refractivity contribution in [1.29, 1.82) is 0 Å². The van der Waals surface area contributed by atoms with Crippen molar-refractivity contribution in [3.8, 4) is 0 Å². The molecule has 7 nitrogen and oxygen atoms in total. The number of ketones is 1. The molecule has 3 aromatic carbocycles. The lowest BCUT2D eigenvalue weighted by atomic mass is 9.95. The molecule has 1 N–H and O–H groups in total. The van der Waals surface area contributed by atoms with E-state index < -0.39 is 22.7 Å². The first-order valence-electron chi connectivity index (χ1n) is 10.2. The summed E-state index contributed by atoms with van der Waals surface area (Å²) in [5.41, 5.74) is 1.36. The SMILES string of the molecule is O=C1C(=O)N(CCc2ccccc2)C(c2cccc([N+](=O)[O-])c2)C1=C(O)c1ccc(Cl)cc1. The Morgan fingerprint density at radius 3 is 2.36 bits per heavy atom. The van der Waals surface area contributed by atoms with E-state index in [0.717, 1.165) is 5.56 Å². The van der Waals surface area contributed by atoms with E-state index in [0.29, 0.717) is 22.6 Å². The Balaban J connectivity index is 1.82. The second-order valence-electron chi connectivity index (χ2n) is 7.59. The third-order valence-electron chi connectivity index (χ3n) is 5.54. The number of hydrogen-bond acceptors (Lipinski definition) is 5. The minimum Gasteiger partial charge on any atom is -0.507 e. The van der Waals surface area contributed by atoms with Gasteiger partial charge in [-0.3, -0.25) is 19.7 Å². The first-order valence-corrected chi connectivity index (χ1v) is 10.6. The quantitative estimate of drug-likeness (QED) is 0.184. The number of benzene rings is 3. The summed E-state index contributed by atoms with van der Waals surface area (Å²) in [6, 6.07) is 20.4. The lowest BCUT2D eigenvalue weighted by Crippen LogP contribution is -2.31. The highest BCUT2D eigenvalue weighted by Gasteiger charge is 2.46. The monoisotopic (exact) mass is 462 g/mol. The molecule has 1 heterocycles. The fourth-order valence-corrected chi connectivity index (χ4v) is 4.05. The van der Waals surface area contributed by atoms with Gasteiger partial charge in [0, 0.05) is 29.3 Å². The van der Waals surface area contributed by atoms with Gasteiger partial charge in [-0.1, -0.05) is 54.1 Å². The molecule has 8 heteroatoms. The Morgan fingerprint density at radius 1 is 1.00 bits per heavy atom. The maximum Gasteiger partial charge on any atom is 0.295 e. The van der Waals surface area contributed by atoms with Gasteiger partial charge in [0.15, 0.2) is 0 Å². The molecule has 0 bridgehead atoms. The third kappa shape index (κ3) is 4.49. The summed E-state index contributed by atoms with van der Waals surface area (Å²) in [5.74, 6) is -1.96. The number of non-ortho nitro benzene ring substituents is 1. The van der Waals surface area contributed by atoms with E-state index in [1.807, 2.05) is 30.3 Å². The molecule has 166 valence electrons. The number of amides is 1. The van der Waals surface area contributed by atoms with Crippen molar-refractivity contribution in [3.63, 3.8) is 0 Å². The number of halogens is 1. The molecule has 0 aromatic heterocycles. The van der Waals surface area contributed by atoms with Crippen LogP contribution in [0.1, 0.15) is 22.7 Å². The lowest BCUT2D eigenvalue weighted by Gasteiger charge is -2.25. The van der Waals surface area contributed by atoms with Crippen LogP contribution in [-0.4, -0.2) is 33.2 Å². The van der Waals surface area contributed by atoms with E-state index >= 15 is 0 Å². The zero-order chi connectivity index (χ0) is 23.5. The molecular formula is C25H19ClN2O5. The normalized spacial score (nSPS) is 17.4. The van der Waals surface area contributed by atoms with Gasteiger partial charge in [-0.15, -0.1) is 0 Å². The molecule has 0 saturated carbocycles. The molecule has 1 fully saturated rings. The van der Waals surface area contributed by atoms with Crippen LogP contribution in [0.15, 0.2) is 84.4 Å². The van der Waals surface area contributed by atoms with Gasteiger partial charge in [0.25, 0.3) is 17.4 Å². The van der Waals surface area contributed by atoms with Crippen LogP contribution in [0.3, 0.4) is 0 Å². The number of aliphatic hydroxyl groups is 1. The fourth-order valence-electron chi connectivity index (χ4n) is 3.92. The first kappa shape index (κ1) is 22.2. The van der Waals surface area contributed by atoms with Crippen LogP contribution in [0.4, 0.5) is 5.69 Å². The van der Waals surface area contributed by atoms with Crippen molar-refractivity contribution >= 4 is 34.7 Å². The van der Waals surface area contributed by atoms with Crippen molar-refractivity contribution in [2.24, 2.45) is 0 Å². The highest BCUT2D eigenvalue weighted by atomic mass is 35.5. The summed E-state index contributed by atoms with van der Waals surface area (Å²) in [7, 11) is 0. The summed E-state index contributed by atoms with van der Waals surface area (Å²) in [4.78, 5) is 38.2. The number of Topliss-reactive ketones (excluding diaryl/α,β-unsaturated/α-hetero) is 1. The maximum absolute atomic E-state index is 13.0. The average Bonchev–Trinajstić information content (AvgIpc) is 3.08. The van der Waals surface area contributed by atoms with Crippen LogP contribution >= 0.6 is 11.6 Å². The van der Waals surface area contributed by atoms with Gasteiger partial charge in [0.05, 0.1) is 16.5 Å². The maximum atomic E-state index is 13.0. The van der Waals surface area contributed by atoms with Crippen LogP contribution in [0.25, 0.3) is 5.76 Å². The molecule has 1 unspecified atom stereocenters. The second kappa shape index (κ2) is 9.26. The number of aliphatic hydroxyl groups excluding tert-OH is 1. The second-order valence-corrected chi connectivity index (χ2v) is 8.02. The van der Waals surface area contributed by atoms with Crippen LogP contribution in [0, 0.1) is 10.1 Å². The van der Waals surface area contributed by atoms with Crippen molar-refractivity contribution in [3.05, 3.63) is 116 Å². The van der Waals surface area contributed by atoms with Gasteiger partial charge in [-0.25, -0.2) is 0 Å². The molecule has 1 saturated heterocycles. The van der Waals surface area contributed by atoms with E-state index in [4.69, 9.17) is 11.6 Å². The van der Waals surface area contributed by atoms with Gasteiger partial charge in [-0.05, 0) is 41.8 Å². The topological polar surface area (TPSA) is 101 Å². The predicted molar refractivity (Wildman–Crippen MR) is 124 cm³/mol. The Morgan fingerprint density at radius 2 is 1.70 bits per heavy atom. The predicted octanol–water partition coefficient (Wildman–Crippen LogP) is 4.91. The standard InChI is InChI=1S/C25H19ClN2O5/c26-19-11-9-17(10-12-19)23(29)21-22(18-7-4-8-20(15-18)28(32)33)27(25(31)24(21)30)14-13-16-5-2-1-3-6-16/h1-12,15,22,29H,13-14H2. The average molecular weight is 463 g/mol. The number of nitro benzene ring substituents is 1. The van der Waals surface area contributed by atoms with Crippen molar-refractivity contribution < 1.29 is 19.6 Å². The number of nitrogens with zero attached hydrogens (tertiary/aromatic N) is 2. The van der Waals surface area contributed by atoms with Gasteiger partial charge in [0.1, 0.15) is 5.76 Å². The smallest absolute Gasteiger partial charge is 0.295 e. The lowest BCUT2D eigenvalue weighted by molar-refractivity contribution is -0.384. The Kier molecular flexibility index (Phi) is 6.24. The Labute approximate surface area is 194 Å². The summed E-state index contributed by atoms with van der Waals surface area (Å²) < 4.78 is 0. The third-order valence-corrected chi connectivity index (χ3v) is 5.79. The van der Waals surface area contributed by atoms with Crippen LogP contribution < -0.4 is 0 Å². The number of carbonyl (C=O) groups is 2. The van der Waals surface area contributed by atoms with Crippen molar-refractivity contribution in [2.45, 2.75) is 12.5 Å². The molecule has 0 aliphatic carbocycles. The fraction of sp³-hybridized carbons (Fsp3) is 0.120.